The van der Waals surface area contributed by atoms with Crippen LogP contribution in [0.25, 0.3) is 0 Å². The molecule has 0 saturated carbocycles. The minimum absolute atomic E-state index is 0.372. The standard InChI is InChI=1S/C19H30O2/c1-2-3-4-5-6-7-8-9-10-11-12-17-13-14-18-19(15-17)21-16-20-18/h13-15H,2-12,16H2,1H3. The molecule has 2 nitrogen and oxygen atoms in total. The molecule has 1 aliphatic heterocycles. The van der Waals surface area contributed by atoms with Crippen molar-refractivity contribution in [2.45, 2.75) is 77.6 Å². The first-order valence-electron chi connectivity index (χ1n) is 8.78. The molecule has 0 atom stereocenters. The third-order valence-electron chi connectivity index (χ3n) is 4.26. The highest BCUT2D eigenvalue weighted by atomic mass is 16.7. The molecule has 0 aromatic heterocycles. The maximum absolute atomic E-state index is 5.42. The summed E-state index contributed by atoms with van der Waals surface area (Å²) >= 11 is 0. The van der Waals surface area contributed by atoms with E-state index in [0.29, 0.717) is 6.79 Å². The molecule has 1 heterocycles. The van der Waals surface area contributed by atoms with Crippen LogP contribution in [-0.2, 0) is 6.42 Å². The first kappa shape index (κ1) is 16.2. The van der Waals surface area contributed by atoms with Gasteiger partial charge in [0.1, 0.15) is 0 Å². The molecule has 2 rings (SSSR count). The summed E-state index contributed by atoms with van der Waals surface area (Å²) in [7, 11) is 0. The Hall–Kier alpha value is -1.18. The van der Waals surface area contributed by atoms with Crippen molar-refractivity contribution in [2.24, 2.45) is 0 Å². The van der Waals surface area contributed by atoms with Crippen LogP contribution in [0, 0.1) is 0 Å². The van der Waals surface area contributed by atoms with E-state index in [-0.39, 0.29) is 0 Å². The van der Waals surface area contributed by atoms with Gasteiger partial charge in [-0.3, -0.25) is 0 Å². The van der Waals surface area contributed by atoms with Gasteiger partial charge >= 0.3 is 0 Å². The Morgan fingerprint density at radius 3 is 2.10 bits per heavy atom. The average Bonchev–Trinajstić information content (AvgIpc) is 2.97. The Morgan fingerprint density at radius 1 is 0.762 bits per heavy atom. The molecule has 0 unspecified atom stereocenters. The van der Waals surface area contributed by atoms with Crippen LogP contribution in [0.1, 0.15) is 76.7 Å². The molecular weight excluding hydrogens is 260 g/mol. The van der Waals surface area contributed by atoms with Crippen LogP contribution in [0.4, 0.5) is 0 Å². The minimum Gasteiger partial charge on any atom is -0.454 e. The smallest absolute Gasteiger partial charge is 0.231 e. The predicted molar refractivity (Wildman–Crippen MR) is 88.1 cm³/mol. The molecule has 0 bridgehead atoms. The van der Waals surface area contributed by atoms with E-state index >= 15 is 0 Å². The van der Waals surface area contributed by atoms with Gasteiger partial charge < -0.3 is 9.47 Å². The van der Waals surface area contributed by atoms with E-state index < -0.39 is 0 Å². The van der Waals surface area contributed by atoms with Crippen molar-refractivity contribution in [2.75, 3.05) is 6.79 Å². The molecule has 1 aliphatic rings. The van der Waals surface area contributed by atoms with E-state index in [1.165, 1.54) is 69.8 Å². The molecule has 0 saturated heterocycles. The average molecular weight is 290 g/mol. The third-order valence-corrected chi connectivity index (χ3v) is 4.26. The molecule has 0 fully saturated rings. The summed E-state index contributed by atoms with van der Waals surface area (Å²) in [5.74, 6) is 1.81. The summed E-state index contributed by atoms with van der Waals surface area (Å²) in [6.07, 6.45) is 15.1. The molecular formula is C19H30O2. The highest BCUT2D eigenvalue weighted by Crippen LogP contribution is 2.32. The lowest BCUT2D eigenvalue weighted by atomic mass is 10.0. The largest absolute Gasteiger partial charge is 0.454 e. The maximum Gasteiger partial charge on any atom is 0.231 e. The van der Waals surface area contributed by atoms with E-state index in [2.05, 4.69) is 19.1 Å². The topological polar surface area (TPSA) is 18.5 Å². The number of hydrogen-bond donors (Lipinski definition) is 0. The van der Waals surface area contributed by atoms with E-state index in [9.17, 15) is 0 Å². The van der Waals surface area contributed by atoms with Crippen molar-refractivity contribution in [1.29, 1.82) is 0 Å². The van der Waals surface area contributed by atoms with Crippen LogP contribution in [-0.4, -0.2) is 6.79 Å². The van der Waals surface area contributed by atoms with Crippen LogP contribution < -0.4 is 9.47 Å². The molecule has 0 N–H and O–H groups in total. The maximum atomic E-state index is 5.42. The van der Waals surface area contributed by atoms with Crippen molar-refractivity contribution in [3.05, 3.63) is 23.8 Å². The normalized spacial score (nSPS) is 12.8. The van der Waals surface area contributed by atoms with E-state index in [0.717, 1.165) is 17.9 Å². The quantitative estimate of drug-likeness (QED) is 0.474. The number of rotatable bonds is 11. The summed E-state index contributed by atoms with van der Waals surface area (Å²) in [6.45, 7) is 2.65. The Kier molecular flexibility index (Phi) is 7.48. The lowest BCUT2D eigenvalue weighted by molar-refractivity contribution is 0.174. The van der Waals surface area contributed by atoms with Gasteiger partial charge in [-0.15, -0.1) is 0 Å². The van der Waals surface area contributed by atoms with Gasteiger partial charge in [-0.05, 0) is 30.5 Å². The molecule has 1 aromatic carbocycles. The SMILES string of the molecule is CCCCCCCCCCCCc1ccc2c(c1)OCO2. The van der Waals surface area contributed by atoms with Crippen LogP contribution in [0.2, 0.25) is 0 Å². The van der Waals surface area contributed by atoms with Gasteiger partial charge in [0.15, 0.2) is 11.5 Å². The Labute approximate surface area is 129 Å². The van der Waals surface area contributed by atoms with Gasteiger partial charge in [-0.25, -0.2) is 0 Å². The van der Waals surface area contributed by atoms with Gasteiger partial charge in [-0.1, -0.05) is 70.8 Å². The van der Waals surface area contributed by atoms with Gasteiger partial charge in [0, 0.05) is 0 Å². The molecule has 21 heavy (non-hydrogen) atoms. The lowest BCUT2D eigenvalue weighted by Crippen LogP contribution is -1.93. The number of benzene rings is 1. The first-order valence-corrected chi connectivity index (χ1v) is 8.78. The summed E-state index contributed by atoms with van der Waals surface area (Å²) in [4.78, 5) is 0. The number of aryl methyl sites for hydroxylation is 1. The highest BCUT2D eigenvalue weighted by molar-refractivity contribution is 5.44. The predicted octanol–water partition coefficient (Wildman–Crippen LogP) is 5.88. The second kappa shape index (κ2) is 9.70. The van der Waals surface area contributed by atoms with Gasteiger partial charge in [0.25, 0.3) is 0 Å². The zero-order chi connectivity index (χ0) is 14.8. The van der Waals surface area contributed by atoms with Crippen molar-refractivity contribution < 1.29 is 9.47 Å². The number of unbranched alkanes of at least 4 members (excludes halogenated alkanes) is 9. The van der Waals surface area contributed by atoms with Crippen molar-refractivity contribution >= 4 is 0 Å². The van der Waals surface area contributed by atoms with Crippen molar-refractivity contribution in [3.63, 3.8) is 0 Å². The Bertz CT molecular complexity index is 401. The lowest BCUT2D eigenvalue weighted by Gasteiger charge is -2.04. The fraction of sp³-hybridized carbons (Fsp3) is 0.684. The highest BCUT2D eigenvalue weighted by Gasteiger charge is 2.12. The zero-order valence-corrected chi connectivity index (χ0v) is 13.5. The fourth-order valence-corrected chi connectivity index (χ4v) is 2.91. The molecule has 0 aliphatic carbocycles. The molecule has 0 spiro atoms. The third kappa shape index (κ3) is 5.99. The molecule has 2 heteroatoms. The number of hydrogen-bond acceptors (Lipinski definition) is 2. The summed E-state index contributed by atoms with van der Waals surface area (Å²) in [5, 5.41) is 0. The summed E-state index contributed by atoms with van der Waals surface area (Å²) in [6, 6.07) is 6.34. The number of fused-ring (bicyclic) bond motifs is 1. The van der Waals surface area contributed by atoms with Crippen LogP contribution in [0.5, 0.6) is 11.5 Å². The first-order chi connectivity index (χ1) is 10.4. The monoisotopic (exact) mass is 290 g/mol. The zero-order valence-electron chi connectivity index (χ0n) is 13.5. The van der Waals surface area contributed by atoms with Gasteiger partial charge in [0.05, 0.1) is 0 Å². The van der Waals surface area contributed by atoms with E-state index in [4.69, 9.17) is 9.47 Å². The van der Waals surface area contributed by atoms with Crippen molar-refractivity contribution in [1.82, 2.24) is 0 Å². The van der Waals surface area contributed by atoms with Crippen LogP contribution in [0.3, 0.4) is 0 Å². The molecule has 118 valence electrons. The van der Waals surface area contributed by atoms with Gasteiger partial charge in [-0.2, -0.15) is 0 Å². The Balaban J connectivity index is 1.47. The second-order valence-corrected chi connectivity index (χ2v) is 6.12. The summed E-state index contributed by atoms with van der Waals surface area (Å²) < 4.78 is 10.8. The van der Waals surface area contributed by atoms with Gasteiger partial charge in [0.2, 0.25) is 6.79 Å². The molecule has 1 aromatic rings. The number of ether oxygens (including phenoxy) is 2. The summed E-state index contributed by atoms with van der Waals surface area (Å²) in [5.41, 5.74) is 1.37. The molecule has 0 radical (unpaired) electrons. The molecule has 0 amide bonds. The van der Waals surface area contributed by atoms with E-state index in [1.54, 1.807) is 0 Å². The van der Waals surface area contributed by atoms with Crippen molar-refractivity contribution in [3.8, 4) is 11.5 Å². The van der Waals surface area contributed by atoms with E-state index in [1.807, 2.05) is 6.07 Å². The fourth-order valence-electron chi connectivity index (χ4n) is 2.91. The minimum atomic E-state index is 0.372. The van der Waals surface area contributed by atoms with Crippen LogP contribution >= 0.6 is 0 Å². The second-order valence-electron chi connectivity index (χ2n) is 6.12. The Morgan fingerprint density at radius 2 is 1.38 bits per heavy atom. The van der Waals surface area contributed by atoms with Crippen LogP contribution in [0.15, 0.2) is 18.2 Å².